The zero-order valence-electron chi connectivity index (χ0n) is 9.30. The molecule has 1 rings (SSSR count). The monoisotopic (exact) mass is 232 g/mol. The van der Waals surface area contributed by atoms with Gasteiger partial charge in [0.05, 0.1) is 0 Å². The van der Waals surface area contributed by atoms with Crippen LogP contribution in [0.1, 0.15) is 18.5 Å². The molecule has 0 spiro atoms. The Morgan fingerprint density at radius 1 is 1.19 bits per heavy atom. The van der Waals surface area contributed by atoms with Gasteiger partial charge in [-0.25, -0.2) is 13.2 Å². The quantitative estimate of drug-likeness (QED) is 0.805. The van der Waals surface area contributed by atoms with Crippen LogP contribution in [0.5, 0.6) is 0 Å². The molecule has 5 heteroatoms. The van der Waals surface area contributed by atoms with Crippen molar-refractivity contribution in [3.63, 3.8) is 0 Å². The van der Waals surface area contributed by atoms with Crippen molar-refractivity contribution in [2.75, 3.05) is 20.1 Å². The second-order valence-electron chi connectivity index (χ2n) is 3.61. The van der Waals surface area contributed by atoms with Gasteiger partial charge in [-0.1, -0.05) is 6.92 Å². The Balaban J connectivity index is 3.15. The molecule has 16 heavy (non-hydrogen) atoms. The van der Waals surface area contributed by atoms with Crippen molar-refractivity contribution in [2.45, 2.75) is 13.0 Å². The van der Waals surface area contributed by atoms with Crippen LogP contribution < -0.4 is 5.73 Å². The molecule has 0 aliphatic carbocycles. The minimum atomic E-state index is -1.18. The number of hydrogen-bond donors (Lipinski definition) is 1. The lowest BCUT2D eigenvalue weighted by Crippen LogP contribution is -2.31. The number of hydrogen-bond acceptors (Lipinski definition) is 2. The average Bonchev–Trinajstić information content (AvgIpc) is 2.26. The smallest absolute Gasteiger partial charge is 0.161 e. The van der Waals surface area contributed by atoms with Gasteiger partial charge in [0, 0.05) is 24.2 Å². The summed E-state index contributed by atoms with van der Waals surface area (Å²) in [5.41, 5.74) is 5.60. The van der Waals surface area contributed by atoms with Gasteiger partial charge in [0.2, 0.25) is 0 Å². The lowest BCUT2D eigenvalue weighted by molar-refractivity contribution is 0.256. The molecule has 0 fully saturated rings. The van der Waals surface area contributed by atoms with Crippen molar-refractivity contribution in [2.24, 2.45) is 5.73 Å². The average molecular weight is 232 g/mol. The molecule has 0 amide bonds. The van der Waals surface area contributed by atoms with Crippen LogP contribution in [0, 0.1) is 17.5 Å². The first-order valence-electron chi connectivity index (χ1n) is 5.06. The first-order valence-corrected chi connectivity index (χ1v) is 5.06. The van der Waals surface area contributed by atoms with Crippen LogP contribution in [0.25, 0.3) is 0 Å². The predicted octanol–water partition coefficient (Wildman–Crippen LogP) is 2.06. The van der Waals surface area contributed by atoms with E-state index in [0.29, 0.717) is 12.6 Å². The fourth-order valence-corrected chi connectivity index (χ4v) is 1.56. The molecule has 0 aliphatic heterocycles. The van der Waals surface area contributed by atoms with Crippen LogP contribution >= 0.6 is 0 Å². The van der Waals surface area contributed by atoms with Crippen LogP contribution in [0.15, 0.2) is 12.1 Å². The normalized spacial score (nSPS) is 13.2. The van der Waals surface area contributed by atoms with Gasteiger partial charge in [0.25, 0.3) is 0 Å². The predicted molar refractivity (Wildman–Crippen MR) is 56.4 cm³/mol. The van der Waals surface area contributed by atoms with Crippen LogP contribution in [0.2, 0.25) is 0 Å². The molecule has 1 unspecified atom stereocenters. The van der Waals surface area contributed by atoms with E-state index in [1.807, 2.05) is 6.92 Å². The van der Waals surface area contributed by atoms with Gasteiger partial charge < -0.3 is 5.73 Å². The van der Waals surface area contributed by atoms with E-state index in [-0.39, 0.29) is 12.1 Å². The molecule has 0 heterocycles. The molecule has 2 N–H and O–H groups in total. The Morgan fingerprint density at radius 3 is 2.25 bits per heavy atom. The maximum absolute atomic E-state index is 13.5. The van der Waals surface area contributed by atoms with Crippen molar-refractivity contribution in [3.8, 4) is 0 Å². The van der Waals surface area contributed by atoms with Crippen molar-refractivity contribution in [1.29, 1.82) is 0 Å². The van der Waals surface area contributed by atoms with Crippen LogP contribution in [0.3, 0.4) is 0 Å². The molecule has 1 atom stereocenters. The number of halogens is 3. The largest absolute Gasteiger partial charge is 0.329 e. The third-order valence-corrected chi connectivity index (χ3v) is 2.65. The van der Waals surface area contributed by atoms with E-state index in [9.17, 15) is 13.2 Å². The van der Waals surface area contributed by atoms with Gasteiger partial charge in [-0.15, -0.1) is 0 Å². The second kappa shape index (κ2) is 5.32. The molecule has 0 aliphatic rings. The molecule has 0 radical (unpaired) electrons. The zero-order valence-corrected chi connectivity index (χ0v) is 9.30. The third kappa shape index (κ3) is 2.54. The maximum atomic E-state index is 13.5. The van der Waals surface area contributed by atoms with E-state index < -0.39 is 23.5 Å². The molecule has 0 bridgehead atoms. The Morgan fingerprint density at radius 2 is 1.75 bits per heavy atom. The fraction of sp³-hybridized carbons (Fsp3) is 0.455. The van der Waals surface area contributed by atoms with Crippen LogP contribution in [0.4, 0.5) is 13.2 Å². The lowest BCUT2D eigenvalue weighted by Gasteiger charge is -2.26. The van der Waals surface area contributed by atoms with Gasteiger partial charge in [-0.3, -0.25) is 4.90 Å². The molecule has 90 valence electrons. The summed E-state index contributed by atoms with van der Waals surface area (Å²) >= 11 is 0. The Hall–Kier alpha value is -1.07. The van der Waals surface area contributed by atoms with Crippen LogP contribution in [-0.4, -0.2) is 25.0 Å². The number of nitrogens with zero attached hydrogens (tertiary/aromatic N) is 1. The highest BCUT2D eigenvalue weighted by Gasteiger charge is 2.20. The minimum absolute atomic E-state index is 0.0887. The number of benzene rings is 1. The fourth-order valence-electron chi connectivity index (χ4n) is 1.56. The summed E-state index contributed by atoms with van der Waals surface area (Å²) in [6.07, 6.45) is 0. The molecule has 0 saturated heterocycles. The first-order chi connectivity index (χ1) is 7.51. The van der Waals surface area contributed by atoms with Gasteiger partial charge >= 0.3 is 0 Å². The zero-order chi connectivity index (χ0) is 12.3. The lowest BCUT2D eigenvalue weighted by atomic mass is 10.0. The summed E-state index contributed by atoms with van der Waals surface area (Å²) in [6, 6.07) is 0.977. The van der Waals surface area contributed by atoms with Crippen molar-refractivity contribution < 1.29 is 13.2 Å². The van der Waals surface area contributed by atoms with Gasteiger partial charge in [-0.05, 0) is 19.7 Å². The van der Waals surface area contributed by atoms with E-state index in [1.165, 1.54) is 0 Å². The molecule has 2 nitrogen and oxygen atoms in total. The van der Waals surface area contributed by atoms with E-state index in [2.05, 4.69) is 0 Å². The standard InChI is InChI=1S/C11H15F3N2/c1-3-16(2)11(6-15)7-4-9(13)10(14)5-8(7)12/h4-5,11H,3,6,15H2,1-2H3. The van der Waals surface area contributed by atoms with Crippen molar-refractivity contribution >= 4 is 0 Å². The highest BCUT2D eigenvalue weighted by Crippen LogP contribution is 2.23. The summed E-state index contributed by atoms with van der Waals surface area (Å²) in [4.78, 5) is 1.77. The van der Waals surface area contributed by atoms with E-state index >= 15 is 0 Å². The molecule has 1 aromatic rings. The second-order valence-corrected chi connectivity index (χ2v) is 3.61. The summed E-state index contributed by atoms with van der Waals surface area (Å²) in [7, 11) is 1.75. The number of nitrogens with two attached hydrogens (primary N) is 1. The molecule has 0 aromatic heterocycles. The molecular formula is C11H15F3N2. The Bertz CT molecular complexity index is 368. The van der Waals surface area contributed by atoms with Gasteiger partial charge in [0.15, 0.2) is 11.6 Å². The summed E-state index contributed by atoms with van der Waals surface area (Å²) in [5, 5.41) is 0. The number of likely N-dealkylation sites (N-methyl/N-ethyl adjacent to an activating group) is 1. The third-order valence-electron chi connectivity index (χ3n) is 2.65. The van der Waals surface area contributed by atoms with Gasteiger partial charge in [0.1, 0.15) is 5.82 Å². The first kappa shape index (κ1) is 13.0. The molecular weight excluding hydrogens is 217 g/mol. The van der Waals surface area contributed by atoms with Crippen LogP contribution in [-0.2, 0) is 0 Å². The number of rotatable bonds is 4. The summed E-state index contributed by atoms with van der Waals surface area (Å²) in [6.45, 7) is 2.66. The van der Waals surface area contributed by atoms with E-state index in [0.717, 1.165) is 6.07 Å². The topological polar surface area (TPSA) is 29.3 Å². The maximum Gasteiger partial charge on any atom is 0.161 e. The van der Waals surface area contributed by atoms with Gasteiger partial charge in [-0.2, -0.15) is 0 Å². The summed E-state index contributed by atoms with van der Waals surface area (Å²) < 4.78 is 39.2. The minimum Gasteiger partial charge on any atom is -0.329 e. The SMILES string of the molecule is CCN(C)C(CN)c1cc(F)c(F)cc1F. The molecule has 1 aromatic carbocycles. The Labute approximate surface area is 92.9 Å². The highest BCUT2D eigenvalue weighted by molar-refractivity contribution is 5.23. The van der Waals surface area contributed by atoms with E-state index in [4.69, 9.17) is 5.73 Å². The highest BCUT2D eigenvalue weighted by atomic mass is 19.2. The van der Waals surface area contributed by atoms with Crippen molar-refractivity contribution in [3.05, 3.63) is 35.1 Å². The van der Waals surface area contributed by atoms with E-state index in [1.54, 1.807) is 11.9 Å². The molecule has 0 saturated carbocycles. The Kier molecular flexibility index (Phi) is 4.32. The van der Waals surface area contributed by atoms with Crippen molar-refractivity contribution in [1.82, 2.24) is 4.90 Å². The summed E-state index contributed by atoms with van der Waals surface area (Å²) in [5.74, 6) is -3.01.